The Kier molecular flexibility index (Phi) is 4.53. The zero-order valence-electron chi connectivity index (χ0n) is 16.7. The summed E-state index contributed by atoms with van der Waals surface area (Å²) in [5.74, 6) is 0.813. The van der Waals surface area contributed by atoms with Crippen molar-refractivity contribution in [2.24, 2.45) is 5.92 Å². The van der Waals surface area contributed by atoms with Crippen molar-refractivity contribution >= 4 is 22.8 Å². The van der Waals surface area contributed by atoms with E-state index in [0.717, 1.165) is 11.4 Å². The molecule has 1 aliphatic carbocycles. The standard InChI is InChI=1S/C21H25N5O2/c1-5-25-11-17(19(27)16-9-6-12(2)22-20(16)25)21(28)23-18-10-13(3)24-26(18)14(4)15-7-8-15/h6,9-11,14-15H,5,7-8H2,1-4H3,(H,23,28). The zero-order valence-corrected chi connectivity index (χ0v) is 16.7. The fourth-order valence-electron chi connectivity index (χ4n) is 3.65. The van der Waals surface area contributed by atoms with Crippen molar-refractivity contribution in [1.29, 1.82) is 0 Å². The van der Waals surface area contributed by atoms with Gasteiger partial charge in [-0.25, -0.2) is 9.67 Å². The molecule has 0 saturated heterocycles. The Hall–Kier alpha value is -2.96. The lowest BCUT2D eigenvalue weighted by Gasteiger charge is -2.16. The van der Waals surface area contributed by atoms with Crippen molar-refractivity contribution in [3.8, 4) is 0 Å². The van der Waals surface area contributed by atoms with Gasteiger partial charge in [0.15, 0.2) is 0 Å². The molecule has 1 atom stereocenters. The van der Waals surface area contributed by atoms with Crippen molar-refractivity contribution in [2.75, 3.05) is 5.32 Å². The predicted molar refractivity (Wildman–Crippen MR) is 109 cm³/mol. The van der Waals surface area contributed by atoms with E-state index in [4.69, 9.17) is 0 Å². The molecule has 3 aromatic heterocycles. The molecule has 4 rings (SSSR count). The second-order valence-corrected chi connectivity index (χ2v) is 7.63. The first kappa shape index (κ1) is 18.4. The smallest absolute Gasteiger partial charge is 0.262 e. The molecule has 3 heterocycles. The molecule has 3 aromatic rings. The van der Waals surface area contributed by atoms with Gasteiger partial charge in [-0.2, -0.15) is 5.10 Å². The number of fused-ring (bicyclic) bond motifs is 1. The van der Waals surface area contributed by atoms with Crippen molar-refractivity contribution in [2.45, 2.75) is 53.1 Å². The van der Waals surface area contributed by atoms with Crippen molar-refractivity contribution < 1.29 is 4.79 Å². The van der Waals surface area contributed by atoms with E-state index in [1.54, 1.807) is 18.3 Å². The predicted octanol–water partition coefficient (Wildman–Crippen LogP) is 3.45. The summed E-state index contributed by atoms with van der Waals surface area (Å²) < 4.78 is 3.71. The first-order valence-electron chi connectivity index (χ1n) is 9.77. The minimum atomic E-state index is -0.418. The Bertz CT molecular complexity index is 1120. The molecule has 28 heavy (non-hydrogen) atoms. The largest absolute Gasteiger partial charge is 0.332 e. The van der Waals surface area contributed by atoms with Gasteiger partial charge in [0.05, 0.1) is 17.1 Å². The molecule has 0 aliphatic heterocycles. The van der Waals surface area contributed by atoms with E-state index < -0.39 is 5.91 Å². The fraction of sp³-hybridized carbons (Fsp3) is 0.429. The van der Waals surface area contributed by atoms with Gasteiger partial charge in [0.1, 0.15) is 17.0 Å². The average Bonchev–Trinajstić information content (AvgIpc) is 3.45. The highest BCUT2D eigenvalue weighted by molar-refractivity contribution is 6.05. The number of rotatable bonds is 5. The minimum Gasteiger partial charge on any atom is -0.332 e. The molecule has 0 bridgehead atoms. The number of amides is 1. The zero-order chi connectivity index (χ0) is 20.0. The second-order valence-electron chi connectivity index (χ2n) is 7.63. The van der Waals surface area contributed by atoms with Gasteiger partial charge in [0.25, 0.3) is 5.91 Å². The third kappa shape index (κ3) is 3.21. The maximum absolute atomic E-state index is 13.0. The normalized spacial score (nSPS) is 15.0. The monoisotopic (exact) mass is 379 g/mol. The van der Waals surface area contributed by atoms with Gasteiger partial charge in [-0.3, -0.25) is 9.59 Å². The van der Waals surface area contributed by atoms with Crippen LogP contribution >= 0.6 is 0 Å². The molecular formula is C21H25N5O2. The first-order chi connectivity index (χ1) is 13.4. The van der Waals surface area contributed by atoms with Gasteiger partial charge in [-0.1, -0.05) is 0 Å². The number of carbonyl (C=O) groups excluding carboxylic acids is 1. The highest BCUT2D eigenvalue weighted by Gasteiger charge is 2.31. The number of anilines is 1. The number of hydrogen-bond acceptors (Lipinski definition) is 4. The summed E-state index contributed by atoms with van der Waals surface area (Å²) in [4.78, 5) is 30.4. The van der Waals surface area contributed by atoms with Gasteiger partial charge in [-0.05, 0) is 58.6 Å². The Morgan fingerprint density at radius 1 is 1.29 bits per heavy atom. The Labute approximate surface area is 163 Å². The van der Waals surface area contributed by atoms with Gasteiger partial charge in [0.2, 0.25) is 5.43 Å². The van der Waals surface area contributed by atoms with Crippen LogP contribution in [-0.2, 0) is 6.54 Å². The van der Waals surface area contributed by atoms with Crippen LogP contribution in [0, 0.1) is 19.8 Å². The highest BCUT2D eigenvalue weighted by atomic mass is 16.2. The number of carbonyl (C=O) groups is 1. The van der Waals surface area contributed by atoms with Crippen LogP contribution in [0.25, 0.3) is 11.0 Å². The summed E-state index contributed by atoms with van der Waals surface area (Å²) in [6, 6.07) is 5.61. The SMILES string of the molecule is CCn1cc(C(=O)Nc2cc(C)nn2C(C)C2CC2)c(=O)c2ccc(C)nc21. The number of nitrogens with one attached hydrogen (secondary N) is 1. The molecule has 146 valence electrons. The molecule has 7 heteroatoms. The first-order valence-corrected chi connectivity index (χ1v) is 9.77. The van der Waals surface area contributed by atoms with E-state index in [0.29, 0.717) is 29.3 Å². The Morgan fingerprint density at radius 2 is 2.04 bits per heavy atom. The second kappa shape index (κ2) is 6.89. The van der Waals surface area contributed by atoms with Crippen LogP contribution in [0.15, 0.2) is 29.2 Å². The third-order valence-electron chi connectivity index (χ3n) is 5.44. The fourth-order valence-corrected chi connectivity index (χ4v) is 3.65. The summed E-state index contributed by atoms with van der Waals surface area (Å²) in [5, 5.41) is 7.90. The van der Waals surface area contributed by atoms with Crippen LogP contribution in [-0.4, -0.2) is 25.2 Å². The van der Waals surface area contributed by atoms with E-state index in [9.17, 15) is 9.59 Å². The van der Waals surface area contributed by atoms with E-state index in [1.807, 2.05) is 36.1 Å². The van der Waals surface area contributed by atoms with E-state index >= 15 is 0 Å². The van der Waals surface area contributed by atoms with Crippen LogP contribution in [0.3, 0.4) is 0 Å². The number of aromatic nitrogens is 4. The summed E-state index contributed by atoms with van der Waals surface area (Å²) in [6.45, 7) is 8.48. The molecule has 7 nitrogen and oxygen atoms in total. The number of hydrogen-bond donors (Lipinski definition) is 1. The van der Waals surface area contributed by atoms with E-state index in [-0.39, 0.29) is 17.0 Å². The quantitative estimate of drug-likeness (QED) is 0.736. The number of pyridine rings is 2. The van der Waals surface area contributed by atoms with Crippen LogP contribution in [0.5, 0.6) is 0 Å². The summed E-state index contributed by atoms with van der Waals surface area (Å²) in [7, 11) is 0. The molecule has 1 fully saturated rings. The Morgan fingerprint density at radius 3 is 2.71 bits per heavy atom. The van der Waals surface area contributed by atoms with Crippen LogP contribution < -0.4 is 10.7 Å². The molecule has 1 aliphatic rings. The molecule has 1 N–H and O–H groups in total. The average molecular weight is 379 g/mol. The van der Waals surface area contributed by atoms with Gasteiger partial charge in [-0.15, -0.1) is 0 Å². The van der Waals surface area contributed by atoms with Crippen LogP contribution in [0.4, 0.5) is 5.82 Å². The Balaban J connectivity index is 1.73. The maximum Gasteiger partial charge on any atom is 0.262 e. The lowest BCUT2D eigenvalue weighted by Crippen LogP contribution is -2.26. The summed E-state index contributed by atoms with van der Waals surface area (Å²) in [5.41, 5.74) is 2.09. The van der Waals surface area contributed by atoms with E-state index in [1.165, 1.54) is 12.8 Å². The van der Waals surface area contributed by atoms with Gasteiger partial charge >= 0.3 is 0 Å². The molecule has 0 radical (unpaired) electrons. The minimum absolute atomic E-state index is 0.115. The van der Waals surface area contributed by atoms with Crippen molar-refractivity contribution in [3.63, 3.8) is 0 Å². The highest BCUT2D eigenvalue weighted by Crippen LogP contribution is 2.40. The van der Waals surface area contributed by atoms with Gasteiger partial charge < -0.3 is 9.88 Å². The molecule has 0 aromatic carbocycles. The molecular weight excluding hydrogens is 354 g/mol. The molecule has 1 saturated carbocycles. The summed E-state index contributed by atoms with van der Waals surface area (Å²) in [6.07, 6.45) is 3.97. The molecule has 0 spiro atoms. The topological polar surface area (TPSA) is 81.8 Å². The lowest BCUT2D eigenvalue weighted by atomic mass is 10.1. The van der Waals surface area contributed by atoms with Crippen molar-refractivity contribution in [1.82, 2.24) is 19.3 Å². The third-order valence-corrected chi connectivity index (χ3v) is 5.44. The number of nitrogens with zero attached hydrogens (tertiary/aromatic N) is 4. The van der Waals surface area contributed by atoms with Crippen molar-refractivity contribution in [3.05, 3.63) is 51.6 Å². The number of aryl methyl sites for hydroxylation is 3. The van der Waals surface area contributed by atoms with Crippen LogP contribution in [0.2, 0.25) is 0 Å². The molecule has 1 unspecified atom stereocenters. The summed E-state index contributed by atoms with van der Waals surface area (Å²) >= 11 is 0. The lowest BCUT2D eigenvalue weighted by molar-refractivity contribution is 0.102. The maximum atomic E-state index is 13.0. The van der Waals surface area contributed by atoms with Crippen LogP contribution in [0.1, 0.15) is 54.5 Å². The van der Waals surface area contributed by atoms with Gasteiger partial charge in [0, 0.05) is 24.5 Å². The molecule has 1 amide bonds. The van der Waals surface area contributed by atoms with E-state index in [2.05, 4.69) is 22.3 Å².